The number of hydrogen-bond acceptors (Lipinski definition) is 2. The molecule has 1 aromatic rings. The third-order valence-electron chi connectivity index (χ3n) is 3.45. The molecule has 20 heavy (non-hydrogen) atoms. The first-order valence-electron chi connectivity index (χ1n) is 7.49. The summed E-state index contributed by atoms with van der Waals surface area (Å²) in [5.74, 6) is -0.186. The highest BCUT2D eigenvalue weighted by Crippen LogP contribution is 2.13. The zero-order valence-corrected chi connectivity index (χ0v) is 13.1. The van der Waals surface area contributed by atoms with E-state index >= 15 is 0 Å². The lowest BCUT2D eigenvalue weighted by atomic mass is 9.99. The summed E-state index contributed by atoms with van der Waals surface area (Å²) in [5, 5.41) is 13.2. The van der Waals surface area contributed by atoms with Crippen molar-refractivity contribution >= 4 is 0 Å². The molecule has 114 valence electrons. The van der Waals surface area contributed by atoms with Crippen LogP contribution in [0, 0.1) is 5.82 Å². The maximum atomic E-state index is 12.8. The molecule has 3 heteroatoms. The van der Waals surface area contributed by atoms with Crippen LogP contribution in [0.5, 0.6) is 0 Å². The molecule has 2 N–H and O–H groups in total. The lowest BCUT2D eigenvalue weighted by molar-refractivity contribution is 0.0674. The van der Waals surface area contributed by atoms with Crippen LogP contribution in [0.25, 0.3) is 0 Å². The monoisotopic (exact) mass is 281 g/mol. The second kappa shape index (κ2) is 7.75. The highest BCUT2D eigenvalue weighted by atomic mass is 19.1. The van der Waals surface area contributed by atoms with Crippen LogP contribution in [0.3, 0.4) is 0 Å². The summed E-state index contributed by atoms with van der Waals surface area (Å²) >= 11 is 0. The molecule has 0 aromatic heterocycles. The van der Waals surface area contributed by atoms with Gasteiger partial charge in [0.05, 0.1) is 5.60 Å². The average Bonchev–Trinajstić information content (AvgIpc) is 2.30. The molecule has 0 radical (unpaired) electrons. The molecule has 2 unspecified atom stereocenters. The van der Waals surface area contributed by atoms with Gasteiger partial charge in [-0.1, -0.05) is 12.1 Å². The lowest BCUT2D eigenvalue weighted by Crippen LogP contribution is -2.36. The molecule has 0 aliphatic heterocycles. The molecule has 2 nitrogen and oxygen atoms in total. The van der Waals surface area contributed by atoms with E-state index < -0.39 is 5.60 Å². The van der Waals surface area contributed by atoms with Gasteiger partial charge < -0.3 is 10.4 Å². The molecule has 1 aromatic carbocycles. The van der Waals surface area contributed by atoms with Crippen molar-refractivity contribution in [2.24, 2.45) is 0 Å². The highest BCUT2D eigenvalue weighted by Gasteiger charge is 2.13. The Morgan fingerprint density at radius 3 is 2.30 bits per heavy atom. The summed E-state index contributed by atoms with van der Waals surface area (Å²) < 4.78 is 12.8. The van der Waals surface area contributed by atoms with Crippen molar-refractivity contribution < 1.29 is 9.50 Å². The Morgan fingerprint density at radius 1 is 1.15 bits per heavy atom. The predicted octanol–water partition coefficient (Wildman–Crippen LogP) is 3.68. The molecule has 0 amide bonds. The van der Waals surface area contributed by atoms with Crippen molar-refractivity contribution in [3.63, 3.8) is 0 Å². The van der Waals surface area contributed by atoms with Gasteiger partial charge in [-0.2, -0.15) is 0 Å². The standard InChI is InChI=1S/C17H28FNO/c1-13(6-5-11-17(3,4)20)19-14(2)12-15-7-9-16(18)10-8-15/h7-10,13-14,19-20H,5-6,11-12H2,1-4H3. The Balaban J connectivity index is 2.27. The fourth-order valence-electron chi connectivity index (χ4n) is 2.44. The van der Waals surface area contributed by atoms with E-state index in [0.717, 1.165) is 31.2 Å². The van der Waals surface area contributed by atoms with Crippen molar-refractivity contribution in [3.8, 4) is 0 Å². The smallest absolute Gasteiger partial charge is 0.123 e. The molecule has 0 bridgehead atoms. The molecule has 0 aliphatic rings. The number of benzene rings is 1. The molecular formula is C17H28FNO. The van der Waals surface area contributed by atoms with Gasteiger partial charge in [-0.15, -0.1) is 0 Å². The van der Waals surface area contributed by atoms with Crippen LogP contribution in [-0.4, -0.2) is 22.8 Å². The van der Waals surface area contributed by atoms with E-state index in [4.69, 9.17) is 0 Å². The minimum atomic E-state index is -0.570. The van der Waals surface area contributed by atoms with E-state index in [1.165, 1.54) is 12.1 Å². The van der Waals surface area contributed by atoms with Crippen molar-refractivity contribution in [1.82, 2.24) is 5.32 Å². The molecular weight excluding hydrogens is 253 g/mol. The van der Waals surface area contributed by atoms with Crippen LogP contribution in [-0.2, 0) is 6.42 Å². The predicted molar refractivity (Wildman–Crippen MR) is 82.3 cm³/mol. The Bertz CT molecular complexity index is 383. The fraction of sp³-hybridized carbons (Fsp3) is 0.647. The van der Waals surface area contributed by atoms with Crippen molar-refractivity contribution in [3.05, 3.63) is 35.6 Å². The number of rotatable bonds is 8. The third-order valence-corrected chi connectivity index (χ3v) is 3.45. The zero-order valence-electron chi connectivity index (χ0n) is 13.1. The molecule has 1 rings (SSSR count). The molecule has 0 aliphatic carbocycles. The van der Waals surface area contributed by atoms with Gasteiger partial charge in [-0.3, -0.25) is 0 Å². The Hall–Kier alpha value is -0.930. The van der Waals surface area contributed by atoms with E-state index in [1.807, 2.05) is 26.0 Å². The van der Waals surface area contributed by atoms with Gasteiger partial charge in [0.15, 0.2) is 0 Å². The lowest BCUT2D eigenvalue weighted by Gasteiger charge is -2.22. The SMILES string of the molecule is CC(CCCC(C)(C)O)NC(C)Cc1ccc(F)cc1. The first kappa shape index (κ1) is 17.1. The minimum absolute atomic E-state index is 0.186. The van der Waals surface area contributed by atoms with Crippen LogP contribution in [0.2, 0.25) is 0 Å². The first-order chi connectivity index (χ1) is 9.26. The second-order valence-corrected chi connectivity index (χ2v) is 6.50. The molecule has 0 saturated carbocycles. The summed E-state index contributed by atoms with van der Waals surface area (Å²) in [6.07, 6.45) is 3.79. The molecule has 0 spiro atoms. The number of halogens is 1. The van der Waals surface area contributed by atoms with Gasteiger partial charge in [0.25, 0.3) is 0 Å². The van der Waals surface area contributed by atoms with Gasteiger partial charge in [0.1, 0.15) is 5.82 Å². The number of aliphatic hydroxyl groups is 1. The normalized spacial score (nSPS) is 15.1. The van der Waals surface area contributed by atoms with E-state index in [1.54, 1.807) is 0 Å². The van der Waals surface area contributed by atoms with Gasteiger partial charge >= 0.3 is 0 Å². The fourth-order valence-corrected chi connectivity index (χ4v) is 2.44. The van der Waals surface area contributed by atoms with E-state index in [2.05, 4.69) is 19.2 Å². The Labute approximate surface area is 122 Å². The Kier molecular flexibility index (Phi) is 6.63. The Morgan fingerprint density at radius 2 is 1.75 bits per heavy atom. The van der Waals surface area contributed by atoms with Crippen molar-refractivity contribution in [2.75, 3.05) is 0 Å². The summed E-state index contributed by atoms with van der Waals surface area (Å²) in [6, 6.07) is 7.48. The maximum absolute atomic E-state index is 12.8. The number of hydrogen-bond donors (Lipinski definition) is 2. The largest absolute Gasteiger partial charge is 0.390 e. The van der Waals surface area contributed by atoms with Crippen LogP contribution in [0.15, 0.2) is 24.3 Å². The van der Waals surface area contributed by atoms with E-state index in [-0.39, 0.29) is 5.82 Å². The third kappa shape index (κ3) is 7.61. The zero-order chi connectivity index (χ0) is 15.2. The quantitative estimate of drug-likeness (QED) is 0.762. The van der Waals surface area contributed by atoms with Gasteiger partial charge in [0.2, 0.25) is 0 Å². The van der Waals surface area contributed by atoms with Gasteiger partial charge in [-0.05, 0) is 71.1 Å². The summed E-state index contributed by atoms with van der Waals surface area (Å²) in [7, 11) is 0. The average molecular weight is 281 g/mol. The van der Waals surface area contributed by atoms with E-state index in [0.29, 0.717) is 12.1 Å². The molecule has 0 saturated heterocycles. The van der Waals surface area contributed by atoms with Crippen LogP contribution in [0.1, 0.15) is 52.5 Å². The highest BCUT2D eigenvalue weighted by molar-refractivity contribution is 5.17. The van der Waals surface area contributed by atoms with Crippen molar-refractivity contribution in [2.45, 2.75) is 71.1 Å². The summed E-state index contributed by atoms with van der Waals surface area (Å²) in [6.45, 7) is 8.02. The van der Waals surface area contributed by atoms with Gasteiger partial charge in [0, 0.05) is 12.1 Å². The van der Waals surface area contributed by atoms with Crippen LogP contribution in [0.4, 0.5) is 4.39 Å². The minimum Gasteiger partial charge on any atom is -0.390 e. The molecule has 0 heterocycles. The topological polar surface area (TPSA) is 32.3 Å². The maximum Gasteiger partial charge on any atom is 0.123 e. The summed E-state index contributed by atoms with van der Waals surface area (Å²) in [4.78, 5) is 0. The van der Waals surface area contributed by atoms with Crippen LogP contribution >= 0.6 is 0 Å². The van der Waals surface area contributed by atoms with Crippen molar-refractivity contribution in [1.29, 1.82) is 0 Å². The first-order valence-corrected chi connectivity index (χ1v) is 7.49. The van der Waals surface area contributed by atoms with E-state index in [9.17, 15) is 9.50 Å². The molecule has 2 atom stereocenters. The number of nitrogens with one attached hydrogen (secondary N) is 1. The van der Waals surface area contributed by atoms with Gasteiger partial charge in [-0.25, -0.2) is 4.39 Å². The molecule has 0 fully saturated rings. The van der Waals surface area contributed by atoms with Crippen LogP contribution < -0.4 is 5.32 Å². The summed E-state index contributed by atoms with van der Waals surface area (Å²) in [5.41, 5.74) is 0.578. The second-order valence-electron chi connectivity index (χ2n) is 6.50.